The highest BCUT2D eigenvalue weighted by atomic mass is 127. The fourth-order valence-electron chi connectivity index (χ4n) is 1.47. The average Bonchev–Trinajstić information content (AvgIpc) is 2.49. The first-order chi connectivity index (χ1) is 7.20. The van der Waals surface area contributed by atoms with Gasteiger partial charge in [0.1, 0.15) is 4.05 Å². The Balaban J connectivity index is 2.42. The van der Waals surface area contributed by atoms with Crippen LogP contribution in [0.25, 0.3) is 0 Å². The van der Waals surface area contributed by atoms with E-state index in [-0.39, 0.29) is 10.1 Å². The van der Waals surface area contributed by atoms with Crippen LogP contribution >= 0.6 is 22.6 Å². The molecular formula is C9H17IN2O3. The molecule has 0 radical (unpaired) electrons. The highest BCUT2D eigenvalue weighted by Crippen LogP contribution is 2.20. The maximum Gasteiger partial charge on any atom is 0.321 e. The molecule has 0 aromatic rings. The Labute approximate surface area is 104 Å². The molecule has 1 heterocycles. The molecule has 1 saturated heterocycles. The molecule has 0 aromatic heterocycles. The number of carbonyl (C=O) groups is 1. The minimum absolute atomic E-state index is 0.0866. The van der Waals surface area contributed by atoms with Crippen molar-refractivity contribution in [2.24, 2.45) is 0 Å². The normalized spacial score (nSPS) is 21.5. The van der Waals surface area contributed by atoms with Gasteiger partial charge in [-0.05, 0) is 0 Å². The Kier molecular flexibility index (Phi) is 5.62. The fraction of sp³-hybridized carbons (Fsp3) is 0.889. The van der Waals surface area contributed by atoms with Gasteiger partial charge in [-0.25, -0.2) is 4.79 Å². The minimum Gasteiger partial charge on any atom is -0.383 e. The van der Waals surface area contributed by atoms with Crippen LogP contribution in [-0.4, -0.2) is 66.9 Å². The average molecular weight is 328 g/mol. The van der Waals surface area contributed by atoms with Gasteiger partial charge in [-0.1, -0.05) is 22.6 Å². The van der Waals surface area contributed by atoms with Crippen LogP contribution in [0.3, 0.4) is 0 Å². The number of methoxy groups -OCH3 is 2. The van der Waals surface area contributed by atoms with Crippen LogP contribution in [0.1, 0.15) is 0 Å². The lowest BCUT2D eigenvalue weighted by molar-refractivity contribution is 0.142. The van der Waals surface area contributed by atoms with Crippen LogP contribution in [0.15, 0.2) is 0 Å². The molecule has 1 unspecified atom stereocenters. The van der Waals surface area contributed by atoms with Gasteiger partial charge in [-0.2, -0.15) is 0 Å². The van der Waals surface area contributed by atoms with Gasteiger partial charge in [0, 0.05) is 27.3 Å². The lowest BCUT2D eigenvalue weighted by Gasteiger charge is -2.19. The van der Waals surface area contributed by atoms with E-state index in [0.717, 1.165) is 6.54 Å². The van der Waals surface area contributed by atoms with E-state index in [9.17, 15) is 4.79 Å². The number of rotatable bonds is 6. The van der Waals surface area contributed by atoms with Gasteiger partial charge in [0.05, 0.1) is 19.8 Å². The predicted octanol–water partition coefficient (Wildman–Crippen LogP) is 0.778. The molecule has 0 bridgehead atoms. The number of ether oxygens (including phenoxy) is 2. The van der Waals surface area contributed by atoms with E-state index in [2.05, 4.69) is 22.6 Å². The minimum atomic E-state index is 0.0866. The second-order valence-corrected chi connectivity index (χ2v) is 4.78. The number of urea groups is 1. The molecule has 0 aromatic carbocycles. The van der Waals surface area contributed by atoms with Crippen molar-refractivity contribution in [3.05, 3.63) is 0 Å². The summed E-state index contributed by atoms with van der Waals surface area (Å²) in [6.45, 7) is 3.27. The van der Waals surface area contributed by atoms with Gasteiger partial charge < -0.3 is 19.3 Å². The maximum absolute atomic E-state index is 11.9. The van der Waals surface area contributed by atoms with E-state index in [1.165, 1.54) is 0 Å². The van der Waals surface area contributed by atoms with Crippen molar-refractivity contribution >= 4 is 28.6 Å². The van der Waals surface area contributed by atoms with Crippen LogP contribution in [0.4, 0.5) is 4.79 Å². The van der Waals surface area contributed by atoms with E-state index < -0.39 is 0 Å². The van der Waals surface area contributed by atoms with Crippen LogP contribution < -0.4 is 0 Å². The first-order valence-corrected chi connectivity index (χ1v) is 6.12. The van der Waals surface area contributed by atoms with Gasteiger partial charge >= 0.3 is 6.03 Å². The molecule has 1 aliphatic rings. The van der Waals surface area contributed by atoms with Crippen molar-refractivity contribution in [1.82, 2.24) is 9.80 Å². The van der Waals surface area contributed by atoms with Gasteiger partial charge in [0.15, 0.2) is 0 Å². The zero-order valence-electron chi connectivity index (χ0n) is 9.11. The highest BCUT2D eigenvalue weighted by Gasteiger charge is 2.34. The molecule has 6 heteroatoms. The van der Waals surface area contributed by atoms with E-state index in [1.54, 1.807) is 14.2 Å². The van der Waals surface area contributed by atoms with Crippen LogP contribution in [0, 0.1) is 0 Å². The SMILES string of the molecule is COCCN1CC(I)N(CCOC)C1=O. The summed E-state index contributed by atoms with van der Waals surface area (Å²) < 4.78 is 10.2. The number of halogens is 1. The first-order valence-electron chi connectivity index (χ1n) is 4.88. The van der Waals surface area contributed by atoms with Gasteiger partial charge in [-0.15, -0.1) is 0 Å². The number of nitrogens with zero attached hydrogens (tertiary/aromatic N) is 2. The highest BCUT2D eigenvalue weighted by molar-refractivity contribution is 14.1. The monoisotopic (exact) mass is 328 g/mol. The van der Waals surface area contributed by atoms with E-state index in [0.29, 0.717) is 26.3 Å². The molecule has 1 fully saturated rings. The van der Waals surface area contributed by atoms with E-state index in [1.807, 2.05) is 9.80 Å². The lowest BCUT2D eigenvalue weighted by Crippen LogP contribution is -2.36. The van der Waals surface area contributed by atoms with Crippen molar-refractivity contribution in [2.45, 2.75) is 4.05 Å². The summed E-state index contributed by atoms with van der Waals surface area (Å²) in [5.74, 6) is 0. The Morgan fingerprint density at radius 2 is 1.93 bits per heavy atom. The Morgan fingerprint density at radius 3 is 2.53 bits per heavy atom. The number of alkyl halides is 1. The molecule has 0 N–H and O–H groups in total. The zero-order valence-corrected chi connectivity index (χ0v) is 11.3. The summed E-state index contributed by atoms with van der Waals surface area (Å²) in [5, 5.41) is 0. The molecule has 15 heavy (non-hydrogen) atoms. The molecular weight excluding hydrogens is 311 g/mol. The topological polar surface area (TPSA) is 42.0 Å². The number of hydrogen-bond donors (Lipinski definition) is 0. The zero-order chi connectivity index (χ0) is 11.3. The molecule has 1 aliphatic heterocycles. The number of carbonyl (C=O) groups excluding carboxylic acids is 1. The van der Waals surface area contributed by atoms with Gasteiger partial charge in [0.25, 0.3) is 0 Å². The second-order valence-electron chi connectivity index (χ2n) is 3.34. The van der Waals surface area contributed by atoms with Gasteiger partial charge in [0.2, 0.25) is 0 Å². The lowest BCUT2D eigenvalue weighted by atomic mass is 10.5. The van der Waals surface area contributed by atoms with Crippen LogP contribution in [0.2, 0.25) is 0 Å². The summed E-state index contributed by atoms with van der Waals surface area (Å²) in [4.78, 5) is 15.5. The molecule has 0 aliphatic carbocycles. The van der Waals surface area contributed by atoms with Crippen LogP contribution in [0.5, 0.6) is 0 Å². The predicted molar refractivity (Wildman–Crippen MR) is 65.2 cm³/mol. The Hall–Kier alpha value is -0.0800. The third kappa shape index (κ3) is 3.46. The summed E-state index contributed by atoms with van der Waals surface area (Å²) in [7, 11) is 3.29. The number of hydrogen-bond acceptors (Lipinski definition) is 3. The fourth-order valence-corrected chi connectivity index (χ4v) is 2.47. The smallest absolute Gasteiger partial charge is 0.321 e. The molecule has 88 valence electrons. The summed E-state index contributed by atoms with van der Waals surface area (Å²) in [6, 6.07) is 0.0866. The van der Waals surface area contributed by atoms with E-state index in [4.69, 9.17) is 9.47 Å². The summed E-state index contributed by atoms with van der Waals surface area (Å²) >= 11 is 2.28. The maximum atomic E-state index is 11.9. The van der Waals surface area contributed by atoms with Crippen molar-refractivity contribution in [2.75, 3.05) is 47.1 Å². The van der Waals surface area contributed by atoms with Crippen molar-refractivity contribution in [1.29, 1.82) is 0 Å². The molecule has 2 amide bonds. The van der Waals surface area contributed by atoms with E-state index >= 15 is 0 Å². The summed E-state index contributed by atoms with van der Waals surface area (Å²) in [6.07, 6.45) is 0. The third-order valence-corrected chi connectivity index (χ3v) is 3.39. The molecule has 1 rings (SSSR count). The van der Waals surface area contributed by atoms with Crippen molar-refractivity contribution in [3.63, 3.8) is 0 Å². The largest absolute Gasteiger partial charge is 0.383 e. The summed E-state index contributed by atoms with van der Waals surface area (Å²) in [5.41, 5.74) is 0. The van der Waals surface area contributed by atoms with Crippen molar-refractivity contribution < 1.29 is 14.3 Å². The molecule has 1 atom stereocenters. The first kappa shape index (κ1) is 13.0. The second kappa shape index (κ2) is 6.49. The Bertz CT molecular complexity index is 216. The van der Waals surface area contributed by atoms with Crippen molar-refractivity contribution in [3.8, 4) is 0 Å². The quantitative estimate of drug-likeness (QED) is 0.411. The molecule has 0 spiro atoms. The standard InChI is InChI=1S/C9H17IN2O3/c1-14-5-3-11-7-8(10)12(9(11)13)4-6-15-2/h8H,3-7H2,1-2H3. The Morgan fingerprint density at radius 1 is 1.33 bits per heavy atom. The molecule has 5 nitrogen and oxygen atoms in total. The number of amides is 2. The molecule has 0 saturated carbocycles. The van der Waals surface area contributed by atoms with Crippen LogP contribution in [-0.2, 0) is 9.47 Å². The third-order valence-electron chi connectivity index (χ3n) is 2.33. The van der Waals surface area contributed by atoms with Gasteiger partial charge in [-0.3, -0.25) is 0 Å².